The second kappa shape index (κ2) is 4.44. The zero-order valence-electron chi connectivity index (χ0n) is 12.2. The molecule has 0 spiro atoms. The summed E-state index contributed by atoms with van der Waals surface area (Å²) < 4.78 is 34.4. The van der Waals surface area contributed by atoms with Gasteiger partial charge in [-0.2, -0.15) is 0 Å². The zero-order valence-corrected chi connectivity index (χ0v) is 13.0. The van der Waals surface area contributed by atoms with Crippen LogP contribution in [0.1, 0.15) is 27.7 Å². The van der Waals surface area contributed by atoms with Crippen LogP contribution in [0.4, 0.5) is 0 Å². The number of nitrogens with zero attached hydrogens (tertiary/aromatic N) is 1. The van der Waals surface area contributed by atoms with Gasteiger partial charge in [-0.15, -0.1) is 0 Å². The smallest absolute Gasteiger partial charge is 0.496 e. The molecule has 2 rings (SSSR count). The average molecular weight is 299 g/mol. The Morgan fingerprint density at radius 1 is 1.20 bits per heavy atom. The molecule has 0 aromatic carbocycles. The minimum Gasteiger partial charge on any atom is -0.505 e. The molecule has 0 aliphatic carbocycles. The van der Waals surface area contributed by atoms with Gasteiger partial charge >= 0.3 is 7.12 Å². The fourth-order valence-electron chi connectivity index (χ4n) is 1.85. The predicted molar refractivity (Wildman–Crippen MR) is 74.7 cm³/mol. The van der Waals surface area contributed by atoms with E-state index in [9.17, 15) is 13.5 Å². The number of hydrogen-bond donors (Lipinski definition) is 1. The second-order valence-corrected chi connectivity index (χ2v) is 7.88. The summed E-state index contributed by atoms with van der Waals surface area (Å²) in [5, 5.41) is 9.45. The Balaban J connectivity index is 2.36. The van der Waals surface area contributed by atoms with Gasteiger partial charge in [0, 0.05) is 17.9 Å². The maximum atomic E-state index is 11.4. The van der Waals surface area contributed by atoms with Crippen molar-refractivity contribution in [2.75, 3.05) is 6.26 Å². The van der Waals surface area contributed by atoms with Crippen LogP contribution in [0, 0.1) is 0 Å². The van der Waals surface area contributed by atoms with Crippen molar-refractivity contribution in [3.63, 3.8) is 0 Å². The summed E-state index contributed by atoms with van der Waals surface area (Å²) in [5.41, 5.74) is -0.542. The molecular weight excluding hydrogens is 281 g/mol. The molecule has 0 atom stereocenters. The van der Waals surface area contributed by atoms with Crippen LogP contribution in [0.2, 0.25) is 0 Å². The third kappa shape index (κ3) is 2.55. The number of pyridine rings is 1. The summed E-state index contributed by atoms with van der Waals surface area (Å²) in [6.45, 7) is 7.63. The van der Waals surface area contributed by atoms with E-state index in [0.29, 0.717) is 5.46 Å². The van der Waals surface area contributed by atoms with Gasteiger partial charge in [0.25, 0.3) is 0 Å². The quantitative estimate of drug-likeness (QED) is 0.800. The Labute approximate surface area is 119 Å². The Morgan fingerprint density at radius 3 is 2.10 bits per heavy atom. The van der Waals surface area contributed by atoms with E-state index in [2.05, 4.69) is 4.98 Å². The molecule has 1 aromatic heterocycles. The number of sulfone groups is 1. The molecule has 1 aromatic rings. The van der Waals surface area contributed by atoms with E-state index in [1.807, 2.05) is 27.7 Å². The van der Waals surface area contributed by atoms with Crippen molar-refractivity contribution in [1.29, 1.82) is 0 Å². The molecule has 0 saturated carbocycles. The van der Waals surface area contributed by atoms with Gasteiger partial charge < -0.3 is 14.4 Å². The lowest BCUT2D eigenvalue weighted by molar-refractivity contribution is 0.00578. The number of aromatic nitrogens is 1. The Hall–Kier alpha value is -1.12. The molecule has 0 amide bonds. The van der Waals surface area contributed by atoms with Gasteiger partial charge in [-0.3, -0.25) is 0 Å². The van der Waals surface area contributed by atoms with Crippen LogP contribution >= 0.6 is 0 Å². The Kier molecular flexibility index (Phi) is 3.39. The minimum absolute atomic E-state index is 0.349. The second-order valence-electron chi connectivity index (χ2n) is 5.95. The molecule has 6 nitrogen and oxygen atoms in total. The molecule has 1 N–H and O–H groups in total. The first-order chi connectivity index (χ1) is 8.94. The van der Waals surface area contributed by atoms with Crippen molar-refractivity contribution in [3.05, 3.63) is 12.3 Å². The normalized spacial score (nSPS) is 21.1. The van der Waals surface area contributed by atoms with Crippen LogP contribution < -0.4 is 5.46 Å². The highest BCUT2D eigenvalue weighted by molar-refractivity contribution is 7.90. The number of aromatic hydroxyl groups is 1. The average Bonchev–Trinajstić information content (AvgIpc) is 2.46. The van der Waals surface area contributed by atoms with Crippen LogP contribution in [0.15, 0.2) is 17.3 Å². The lowest BCUT2D eigenvalue weighted by Gasteiger charge is -2.32. The highest BCUT2D eigenvalue weighted by Gasteiger charge is 2.52. The van der Waals surface area contributed by atoms with Crippen molar-refractivity contribution < 1.29 is 22.8 Å². The standard InChI is InChI=1S/C12H18BNO5S/c1-11(2)12(3,4)19-13(18-11)8-6-9(15)10(14-7-8)20(5,16)17/h6-7,15H,1-5H3. The van der Waals surface area contributed by atoms with E-state index in [1.54, 1.807) is 0 Å². The zero-order chi connectivity index (χ0) is 15.3. The molecule has 8 heteroatoms. The molecule has 0 radical (unpaired) electrons. The molecule has 2 heterocycles. The first-order valence-electron chi connectivity index (χ1n) is 6.19. The highest BCUT2D eigenvalue weighted by Crippen LogP contribution is 2.36. The fraction of sp³-hybridized carbons (Fsp3) is 0.583. The van der Waals surface area contributed by atoms with Crippen molar-refractivity contribution in [1.82, 2.24) is 4.98 Å². The minimum atomic E-state index is -3.56. The van der Waals surface area contributed by atoms with Crippen molar-refractivity contribution in [2.45, 2.75) is 43.9 Å². The maximum Gasteiger partial charge on any atom is 0.496 e. The van der Waals surface area contributed by atoms with Crippen molar-refractivity contribution in [3.8, 4) is 5.75 Å². The van der Waals surface area contributed by atoms with Gasteiger partial charge in [-0.05, 0) is 33.8 Å². The monoisotopic (exact) mass is 299 g/mol. The van der Waals surface area contributed by atoms with Crippen LogP contribution in [0.5, 0.6) is 5.75 Å². The van der Waals surface area contributed by atoms with E-state index in [0.717, 1.165) is 6.26 Å². The van der Waals surface area contributed by atoms with E-state index in [1.165, 1.54) is 12.3 Å². The van der Waals surface area contributed by atoms with E-state index < -0.39 is 33.9 Å². The molecule has 20 heavy (non-hydrogen) atoms. The fourth-order valence-corrected chi connectivity index (χ4v) is 2.53. The summed E-state index contributed by atoms with van der Waals surface area (Å²) in [6, 6.07) is 1.31. The van der Waals surface area contributed by atoms with Crippen molar-refractivity contribution in [2.24, 2.45) is 0 Å². The third-order valence-electron chi connectivity index (χ3n) is 3.73. The van der Waals surface area contributed by atoms with Gasteiger partial charge in [0.2, 0.25) is 0 Å². The van der Waals surface area contributed by atoms with E-state index in [-0.39, 0.29) is 5.03 Å². The lowest BCUT2D eigenvalue weighted by Crippen LogP contribution is -2.41. The van der Waals surface area contributed by atoms with Gasteiger partial charge in [-0.1, -0.05) is 0 Å². The van der Waals surface area contributed by atoms with Gasteiger partial charge in [-0.25, -0.2) is 13.4 Å². The summed E-state index contributed by atoms with van der Waals surface area (Å²) in [5.74, 6) is -0.403. The third-order valence-corrected chi connectivity index (χ3v) is 4.75. The van der Waals surface area contributed by atoms with E-state index in [4.69, 9.17) is 9.31 Å². The Morgan fingerprint density at radius 2 is 1.70 bits per heavy atom. The molecule has 0 bridgehead atoms. The summed E-state index contributed by atoms with van der Waals surface area (Å²) >= 11 is 0. The molecule has 1 fully saturated rings. The number of rotatable bonds is 2. The molecule has 1 saturated heterocycles. The topological polar surface area (TPSA) is 85.7 Å². The van der Waals surface area contributed by atoms with Crippen LogP contribution in [-0.2, 0) is 19.1 Å². The predicted octanol–water partition coefficient (Wildman–Crippen LogP) is 0.490. The van der Waals surface area contributed by atoms with Crippen LogP contribution in [0.25, 0.3) is 0 Å². The first-order valence-corrected chi connectivity index (χ1v) is 8.08. The number of hydrogen-bond acceptors (Lipinski definition) is 6. The van der Waals surface area contributed by atoms with Gasteiger partial charge in [0.1, 0.15) is 0 Å². The molecular formula is C12H18BNO5S. The van der Waals surface area contributed by atoms with Gasteiger partial charge in [0.15, 0.2) is 20.6 Å². The summed E-state index contributed by atoms with van der Waals surface area (Å²) in [7, 11) is -4.25. The Bertz CT molecular complexity index is 625. The SMILES string of the molecule is CC1(C)OB(c2cnc(S(C)(=O)=O)c(O)c2)OC1(C)C. The molecule has 1 aliphatic heterocycles. The summed E-state index contributed by atoms with van der Waals surface area (Å²) in [4.78, 5) is 3.79. The summed E-state index contributed by atoms with van der Waals surface area (Å²) in [6.07, 6.45) is 2.34. The maximum absolute atomic E-state index is 11.4. The molecule has 1 aliphatic rings. The first kappa shape index (κ1) is 15.3. The lowest BCUT2D eigenvalue weighted by atomic mass is 9.80. The van der Waals surface area contributed by atoms with E-state index >= 15 is 0 Å². The highest BCUT2D eigenvalue weighted by atomic mass is 32.2. The van der Waals surface area contributed by atoms with Gasteiger partial charge in [0.05, 0.1) is 11.2 Å². The molecule has 0 unspecified atom stereocenters. The van der Waals surface area contributed by atoms with Crippen LogP contribution in [-0.4, -0.2) is 43.1 Å². The largest absolute Gasteiger partial charge is 0.505 e. The van der Waals surface area contributed by atoms with Crippen molar-refractivity contribution >= 4 is 22.4 Å². The van der Waals surface area contributed by atoms with Crippen LogP contribution in [0.3, 0.4) is 0 Å². The molecule has 110 valence electrons.